The maximum atomic E-state index is 13.3. The molecule has 2 atom stereocenters. The molecule has 1 aliphatic carbocycles. The van der Waals surface area contributed by atoms with Crippen molar-refractivity contribution in [2.24, 2.45) is 5.92 Å². The van der Waals surface area contributed by atoms with Crippen molar-refractivity contribution in [3.8, 4) is 6.07 Å². The highest BCUT2D eigenvalue weighted by atomic mass is 127. The third-order valence-corrected chi connectivity index (χ3v) is 4.10. The lowest BCUT2D eigenvalue weighted by Crippen LogP contribution is -2.40. The summed E-state index contributed by atoms with van der Waals surface area (Å²) in [6.45, 7) is -0.123. The van der Waals surface area contributed by atoms with E-state index in [1.807, 2.05) is 6.07 Å². The van der Waals surface area contributed by atoms with Gasteiger partial charge in [0.15, 0.2) is 0 Å². The van der Waals surface area contributed by atoms with Crippen LogP contribution in [-0.2, 0) is 4.79 Å². The number of benzene rings is 1. The van der Waals surface area contributed by atoms with Crippen LogP contribution in [0.4, 0.5) is 10.3 Å². The molecule has 1 fully saturated rings. The molecule has 1 aromatic carbocycles. The van der Waals surface area contributed by atoms with Gasteiger partial charge in [0.25, 0.3) is 5.91 Å². The molecule has 0 aliphatic heterocycles. The first-order valence-corrected chi connectivity index (χ1v) is 8.27. The number of carbonyl (C=O) groups is 2. The SMILES string of the molecule is I.[B]c1ccc(C(=O)N(CC(=O)Nc2ncc(C#N)cn2)C[C@@H]2C[C@@H]2F)cc1.[HH]. The minimum absolute atomic E-state index is 0. The molecule has 28 heavy (non-hydrogen) atoms. The first-order chi connectivity index (χ1) is 13.0. The van der Waals surface area contributed by atoms with Gasteiger partial charge in [0, 0.05) is 19.5 Å². The summed E-state index contributed by atoms with van der Waals surface area (Å²) in [4.78, 5) is 34.0. The molecule has 2 aromatic rings. The van der Waals surface area contributed by atoms with Gasteiger partial charge in [-0.3, -0.25) is 14.9 Å². The summed E-state index contributed by atoms with van der Waals surface area (Å²) in [6.07, 6.45) is 1.98. The molecule has 1 N–H and O–H groups in total. The predicted molar refractivity (Wildman–Crippen MR) is 114 cm³/mol. The van der Waals surface area contributed by atoms with Crippen LogP contribution in [0.2, 0.25) is 0 Å². The van der Waals surface area contributed by atoms with Gasteiger partial charge in [-0.25, -0.2) is 14.4 Å². The second-order valence-corrected chi connectivity index (χ2v) is 6.27. The maximum absolute atomic E-state index is 13.3. The topological polar surface area (TPSA) is 99.0 Å². The summed E-state index contributed by atoms with van der Waals surface area (Å²) in [5.74, 6) is -1.14. The molecule has 0 unspecified atom stereocenters. The van der Waals surface area contributed by atoms with Crippen LogP contribution < -0.4 is 10.8 Å². The Balaban J connectivity index is 0.00000210. The molecule has 0 bridgehead atoms. The van der Waals surface area contributed by atoms with Crippen LogP contribution in [-0.4, -0.2) is 53.8 Å². The van der Waals surface area contributed by atoms with Gasteiger partial charge in [0.1, 0.15) is 26.6 Å². The zero-order valence-corrected chi connectivity index (χ0v) is 17.0. The van der Waals surface area contributed by atoms with Gasteiger partial charge >= 0.3 is 0 Å². The van der Waals surface area contributed by atoms with E-state index in [0.717, 1.165) is 0 Å². The van der Waals surface area contributed by atoms with E-state index in [-0.39, 0.29) is 61.8 Å². The van der Waals surface area contributed by atoms with Crippen molar-refractivity contribution in [1.29, 1.82) is 5.26 Å². The van der Waals surface area contributed by atoms with Gasteiger partial charge < -0.3 is 4.90 Å². The van der Waals surface area contributed by atoms with Crippen molar-refractivity contribution in [3.63, 3.8) is 0 Å². The molecule has 1 aromatic heterocycles. The molecule has 0 saturated heterocycles. The molecule has 3 rings (SSSR count). The Morgan fingerprint density at radius 2 is 1.93 bits per heavy atom. The average Bonchev–Trinajstić information content (AvgIpc) is 3.36. The fourth-order valence-corrected chi connectivity index (χ4v) is 2.50. The quantitative estimate of drug-likeness (QED) is 0.486. The summed E-state index contributed by atoms with van der Waals surface area (Å²) in [5, 5.41) is 11.2. The van der Waals surface area contributed by atoms with Gasteiger partial charge in [0.05, 0.1) is 18.0 Å². The van der Waals surface area contributed by atoms with Crippen LogP contribution in [0, 0.1) is 17.2 Å². The first kappa shape index (κ1) is 21.8. The second kappa shape index (κ2) is 9.59. The molecule has 1 aliphatic rings. The average molecular weight is 493 g/mol. The number of hydrogen-bond donors (Lipinski definition) is 1. The minimum Gasteiger partial charge on any atom is -0.329 e. The number of nitrogens with zero attached hydrogens (tertiary/aromatic N) is 4. The Kier molecular flexibility index (Phi) is 7.45. The fraction of sp³-hybridized carbons (Fsp3) is 0.278. The van der Waals surface area contributed by atoms with Gasteiger partial charge in [-0.2, -0.15) is 5.26 Å². The Hall–Kier alpha value is -2.55. The molecular weight excluding hydrogens is 475 g/mol. The lowest BCUT2D eigenvalue weighted by molar-refractivity contribution is -0.117. The van der Waals surface area contributed by atoms with Crippen molar-refractivity contribution in [1.82, 2.24) is 14.9 Å². The van der Waals surface area contributed by atoms with Crippen molar-refractivity contribution < 1.29 is 15.4 Å². The fourth-order valence-electron chi connectivity index (χ4n) is 2.50. The molecule has 1 heterocycles. The number of halogens is 2. The van der Waals surface area contributed by atoms with E-state index in [1.165, 1.54) is 17.3 Å². The van der Waals surface area contributed by atoms with E-state index in [9.17, 15) is 14.0 Å². The molecule has 10 heteroatoms. The monoisotopic (exact) mass is 493 g/mol. The molecular formula is C18H18BFIN5O2. The minimum atomic E-state index is -0.948. The number of carbonyl (C=O) groups excluding carboxylic acids is 2. The maximum Gasteiger partial charge on any atom is 0.254 e. The Labute approximate surface area is 181 Å². The highest BCUT2D eigenvalue weighted by Crippen LogP contribution is 2.34. The molecule has 1 saturated carbocycles. The van der Waals surface area contributed by atoms with Gasteiger partial charge in [-0.1, -0.05) is 29.7 Å². The Bertz CT molecular complexity index is 895. The smallest absolute Gasteiger partial charge is 0.254 e. The van der Waals surface area contributed by atoms with Crippen molar-refractivity contribution in [2.45, 2.75) is 12.6 Å². The number of rotatable bonds is 6. The lowest BCUT2D eigenvalue weighted by Gasteiger charge is -2.22. The zero-order chi connectivity index (χ0) is 19.4. The van der Waals surface area contributed by atoms with E-state index in [2.05, 4.69) is 15.3 Å². The lowest BCUT2D eigenvalue weighted by atomic mass is 9.95. The zero-order valence-electron chi connectivity index (χ0n) is 14.7. The van der Waals surface area contributed by atoms with Crippen LogP contribution in [0.3, 0.4) is 0 Å². The standard InChI is InChI=1S/C18H15BFN5O2.HI.H2/c19-14-3-1-12(2-4-14)17(27)25(9-13-5-15(13)20)10-16(26)24-18-22-7-11(6-21)8-23-18;;/h1-4,7-8,13,15H,5,9-10H2,(H,22,23,24,26);2*1H/t13-,15-;;/m0../s1. The number of alkyl halides is 1. The van der Waals surface area contributed by atoms with E-state index >= 15 is 0 Å². The number of hydrogen-bond acceptors (Lipinski definition) is 5. The molecule has 144 valence electrons. The van der Waals surface area contributed by atoms with Gasteiger partial charge in [-0.15, -0.1) is 24.0 Å². The first-order valence-electron chi connectivity index (χ1n) is 8.27. The number of aromatic nitrogens is 2. The summed E-state index contributed by atoms with van der Waals surface area (Å²) >= 11 is 0. The summed E-state index contributed by atoms with van der Waals surface area (Å²) in [7, 11) is 5.63. The van der Waals surface area contributed by atoms with Crippen molar-refractivity contribution in [3.05, 3.63) is 47.8 Å². The number of nitrogens with one attached hydrogen (secondary N) is 1. The molecule has 2 amide bonds. The van der Waals surface area contributed by atoms with E-state index in [4.69, 9.17) is 13.1 Å². The summed E-state index contributed by atoms with van der Waals surface area (Å²) < 4.78 is 13.3. The molecule has 2 radical (unpaired) electrons. The summed E-state index contributed by atoms with van der Waals surface area (Å²) in [6, 6.07) is 8.17. The second-order valence-electron chi connectivity index (χ2n) is 6.27. The highest BCUT2D eigenvalue weighted by molar-refractivity contribution is 14.0. The van der Waals surface area contributed by atoms with Crippen molar-refractivity contribution >= 4 is 55.0 Å². The van der Waals surface area contributed by atoms with Crippen molar-refractivity contribution in [2.75, 3.05) is 18.4 Å². The molecule has 0 spiro atoms. The van der Waals surface area contributed by atoms with Crippen LogP contribution in [0.25, 0.3) is 0 Å². The Morgan fingerprint density at radius 1 is 1.32 bits per heavy atom. The van der Waals surface area contributed by atoms with E-state index < -0.39 is 12.1 Å². The van der Waals surface area contributed by atoms with Gasteiger partial charge in [-0.05, 0) is 6.42 Å². The van der Waals surface area contributed by atoms with Crippen LogP contribution >= 0.6 is 24.0 Å². The predicted octanol–water partition coefficient (Wildman–Crippen LogP) is 1.44. The van der Waals surface area contributed by atoms with E-state index in [1.54, 1.807) is 24.3 Å². The van der Waals surface area contributed by atoms with E-state index in [0.29, 0.717) is 17.4 Å². The molecule has 7 nitrogen and oxygen atoms in total. The number of nitriles is 1. The third kappa shape index (κ3) is 5.72. The number of amides is 2. The summed E-state index contributed by atoms with van der Waals surface area (Å²) in [5.41, 5.74) is 1.14. The Morgan fingerprint density at radius 3 is 2.46 bits per heavy atom. The number of anilines is 1. The van der Waals surface area contributed by atoms with Crippen LogP contribution in [0.1, 0.15) is 23.8 Å². The van der Waals surface area contributed by atoms with Crippen LogP contribution in [0.5, 0.6) is 0 Å². The van der Waals surface area contributed by atoms with Crippen LogP contribution in [0.15, 0.2) is 36.7 Å². The van der Waals surface area contributed by atoms with Gasteiger partial charge in [0.2, 0.25) is 11.9 Å². The largest absolute Gasteiger partial charge is 0.329 e. The highest BCUT2D eigenvalue weighted by Gasteiger charge is 2.40. The third-order valence-electron chi connectivity index (χ3n) is 4.10. The normalized spacial score (nSPS) is 17.0.